The molecule has 0 spiro atoms. The Kier molecular flexibility index (Phi) is 11.8. The summed E-state index contributed by atoms with van der Waals surface area (Å²) in [5, 5.41) is 6.97. The van der Waals surface area contributed by atoms with Gasteiger partial charge < -0.3 is 16.0 Å². The predicted octanol–water partition coefficient (Wildman–Crippen LogP) is 2.60. The van der Waals surface area contributed by atoms with Gasteiger partial charge in [-0.2, -0.15) is 13.2 Å². The van der Waals surface area contributed by atoms with Crippen LogP contribution in [0.4, 0.5) is 13.2 Å². The minimum atomic E-state index is -5.16. The van der Waals surface area contributed by atoms with Crippen molar-refractivity contribution in [3.8, 4) is 0 Å². The molecule has 234 valence electrons. The highest BCUT2D eigenvalue weighted by molar-refractivity contribution is 7.90. The molecular formula is C27H30ClF3N4O7S. The fraction of sp³-hybridized carbons (Fsp3) is 0.370. The van der Waals surface area contributed by atoms with Gasteiger partial charge in [0.05, 0.1) is 17.5 Å². The van der Waals surface area contributed by atoms with E-state index in [-0.39, 0.29) is 16.0 Å². The van der Waals surface area contributed by atoms with Gasteiger partial charge in [-0.15, -0.1) is 0 Å². The zero-order chi connectivity index (χ0) is 32.7. The average molecular weight is 647 g/mol. The predicted molar refractivity (Wildman–Crippen MR) is 149 cm³/mol. The molecular weight excluding hydrogens is 617 g/mol. The van der Waals surface area contributed by atoms with Crippen LogP contribution in [0.5, 0.6) is 0 Å². The van der Waals surface area contributed by atoms with Gasteiger partial charge in [0, 0.05) is 16.1 Å². The first kappa shape index (κ1) is 35.2. The number of amides is 4. The van der Waals surface area contributed by atoms with E-state index in [1.165, 1.54) is 62.4 Å². The molecule has 2 atom stereocenters. The Hall–Kier alpha value is -3.98. The summed E-state index contributed by atoms with van der Waals surface area (Å²) in [4.78, 5) is 61.6. The van der Waals surface area contributed by atoms with Crippen LogP contribution in [0.15, 0.2) is 53.4 Å². The zero-order valence-electron chi connectivity index (χ0n) is 23.4. The van der Waals surface area contributed by atoms with Gasteiger partial charge in [0.25, 0.3) is 27.6 Å². The fourth-order valence-electron chi connectivity index (χ4n) is 3.60. The zero-order valence-corrected chi connectivity index (χ0v) is 25.0. The number of carbonyl (C=O) groups excluding carboxylic acids is 5. The van der Waals surface area contributed by atoms with Crippen LogP contribution in [-0.4, -0.2) is 62.6 Å². The van der Waals surface area contributed by atoms with Crippen LogP contribution in [-0.2, 0) is 24.4 Å². The van der Waals surface area contributed by atoms with Gasteiger partial charge in [0.2, 0.25) is 11.8 Å². The molecule has 11 nitrogen and oxygen atoms in total. The molecule has 0 saturated carbocycles. The van der Waals surface area contributed by atoms with E-state index >= 15 is 0 Å². The maximum atomic E-state index is 12.8. The van der Waals surface area contributed by atoms with Crippen molar-refractivity contribution in [1.29, 1.82) is 0 Å². The third kappa shape index (κ3) is 10.1. The number of sulfonamides is 1. The molecule has 0 bridgehead atoms. The number of ketones is 1. The molecule has 2 unspecified atom stereocenters. The SMILES string of the molecule is CC(C)C(NC(=O)c1ccc(C(=O)NS(=O)(=O)c2ccc(Cl)cc2)cc1)C(=O)NCC(=O)NC(C(=O)C(F)(F)F)C(C)C. The minimum Gasteiger partial charge on any atom is -0.345 e. The van der Waals surface area contributed by atoms with E-state index in [0.717, 1.165) is 0 Å². The van der Waals surface area contributed by atoms with Crippen molar-refractivity contribution in [1.82, 2.24) is 20.7 Å². The normalized spacial score (nSPS) is 13.2. The summed E-state index contributed by atoms with van der Waals surface area (Å²) in [6, 6.07) is 6.96. The summed E-state index contributed by atoms with van der Waals surface area (Å²) in [7, 11) is -4.20. The highest BCUT2D eigenvalue weighted by Crippen LogP contribution is 2.21. The summed E-state index contributed by atoms with van der Waals surface area (Å²) >= 11 is 5.75. The molecule has 0 aliphatic rings. The number of hydrogen-bond donors (Lipinski definition) is 4. The largest absolute Gasteiger partial charge is 0.452 e. The Morgan fingerprint density at radius 3 is 1.72 bits per heavy atom. The number of benzene rings is 2. The molecule has 0 aliphatic heterocycles. The molecule has 4 N–H and O–H groups in total. The van der Waals surface area contributed by atoms with Gasteiger partial charge in [-0.25, -0.2) is 13.1 Å². The van der Waals surface area contributed by atoms with Crippen molar-refractivity contribution >= 4 is 51.0 Å². The Labute approximate surface area is 251 Å². The summed E-state index contributed by atoms with van der Waals surface area (Å²) < 4.78 is 65.2. The molecule has 2 rings (SSSR count). The van der Waals surface area contributed by atoms with Crippen LogP contribution in [0, 0.1) is 11.8 Å². The Bertz CT molecular complexity index is 1460. The summed E-state index contributed by atoms with van der Waals surface area (Å²) in [5.41, 5.74) is -0.0688. The van der Waals surface area contributed by atoms with Gasteiger partial charge in [-0.3, -0.25) is 24.0 Å². The number of alkyl halides is 3. The minimum absolute atomic E-state index is 0.0127. The van der Waals surface area contributed by atoms with Crippen LogP contribution in [0.1, 0.15) is 48.4 Å². The lowest BCUT2D eigenvalue weighted by Crippen LogP contribution is -2.54. The highest BCUT2D eigenvalue weighted by Gasteiger charge is 2.45. The van der Waals surface area contributed by atoms with E-state index < -0.39 is 76.1 Å². The number of carbonyl (C=O) groups is 5. The maximum absolute atomic E-state index is 12.8. The van der Waals surface area contributed by atoms with E-state index in [9.17, 15) is 45.6 Å². The first-order valence-electron chi connectivity index (χ1n) is 12.7. The van der Waals surface area contributed by atoms with Crippen LogP contribution in [0.3, 0.4) is 0 Å². The number of rotatable bonds is 12. The summed E-state index contributed by atoms with van der Waals surface area (Å²) in [6.45, 7) is 5.07. The van der Waals surface area contributed by atoms with Crippen LogP contribution in [0.2, 0.25) is 5.02 Å². The van der Waals surface area contributed by atoms with E-state index in [2.05, 4.69) is 10.6 Å². The topological polar surface area (TPSA) is 168 Å². The van der Waals surface area contributed by atoms with Gasteiger partial charge >= 0.3 is 6.18 Å². The lowest BCUT2D eigenvalue weighted by Gasteiger charge is -2.24. The first-order valence-corrected chi connectivity index (χ1v) is 14.6. The van der Waals surface area contributed by atoms with Gasteiger partial charge in [0.1, 0.15) is 6.04 Å². The van der Waals surface area contributed by atoms with Gasteiger partial charge in [0.15, 0.2) is 0 Å². The number of halogens is 4. The second-order valence-electron chi connectivity index (χ2n) is 10.0. The quantitative estimate of drug-likeness (QED) is 0.275. The third-order valence-electron chi connectivity index (χ3n) is 5.96. The van der Waals surface area contributed by atoms with Crippen molar-refractivity contribution in [3.05, 3.63) is 64.7 Å². The van der Waals surface area contributed by atoms with E-state index in [0.29, 0.717) is 5.02 Å². The second kappa shape index (κ2) is 14.5. The molecule has 16 heteroatoms. The molecule has 0 saturated heterocycles. The van der Waals surface area contributed by atoms with E-state index in [1.54, 1.807) is 13.8 Å². The van der Waals surface area contributed by atoms with Gasteiger partial charge in [-0.1, -0.05) is 39.3 Å². The summed E-state index contributed by atoms with van der Waals surface area (Å²) in [6.07, 6.45) is -5.16. The molecule has 0 aromatic heterocycles. The molecule has 0 fully saturated rings. The van der Waals surface area contributed by atoms with Crippen molar-refractivity contribution in [2.75, 3.05) is 6.54 Å². The van der Waals surface area contributed by atoms with Crippen molar-refractivity contribution < 1.29 is 45.6 Å². The third-order valence-corrected chi connectivity index (χ3v) is 7.56. The van der Waals surface area contributed by atoms with E-state index in [1.807, 2.05) is 10.0 Å². The van der Waals surface area contributed by atoms with Crippen LogP contribution in [0.25, 0.3) is 0 Å². The highest BCUT2D eigenvalue weighted by atomic mass is 35.5. The lowest BCUT2D eigenvalue weighted by atomic mass is 9.99. The molecule has 43 heavy (non-hydrogen) atoms. The second-order valence-corrected chi connectivity index (χ2v) is 12.1. The standard InChI is InChI=1S/C27H30ClF3N4O7S/c1-14(2)21(23(37)27(29,30)31)33-20(36)13-32-26(40)22(15(3)4)34-24(38)16-5-7-17(8-6-16)25(39)35-43(41,42)19-11-9-18(28)10-12-19/h5-12,14-15,21-22H,13H2,1-4H3,(H,32,40)(H,33,36)(H,34,38)(H,35,39). The Morgan fingerprint density at radius 1 is 0.767 bits per heavy atom. The first-order chi connectivity index (χ1) is 19.8. The lowest BCUT2D eigenvalue weighted by molar-refractivity contribution is -0.174. The molecule has 2 aromatic rings. The smallest absolute Gasteiger partial charge is 0.345 e. The molecule has 0 heterocycles. The van der Waals surface area contributed by atoms with Crippen molar-refractivity contribution in [3.63, 3.8) is 0 Å². The fourth-order valence-corrected chi connectivity index (χ4v) is 4.70. The number of Topliss-reactive ketones (excluding diaryl/α,β-unsaturated/α-hetero) is 1. The van der Waals surface area contributed by atoms with E-state index in [4.69, 9.17) is 11.6 Å². The Balaban J connectivity index is 2.02. The maximum Gasteiger partial charge on any atom is 0.452 e. The van der Waals surface area contributed by atoms with Crippen molar-refractivity contribution in [2.45, 2.75) is 50.9 Å². The molecule has 0 aliphatic carbocycles. The molecule has 0 radical (unpaired) electrons. The number of hydrogen-bond acceptors (Lipinski definition) is 7. The van der Waals surface area contributed by atoms with Gasteiger partial charge in [-0.05, 0) is 60.4 Å². The van der Waals surface area contributed by atoms with Crippen molar-refractivity contribution in [2.24, 2.45) is 11.8 Å². The number of nitrogens with one attached hydrogen (secondary N) is 4. The monoisotopic (exact) mass is 646 g/mol. The molecule has 2 aromatic carbocycles. The molecule has 4 amide bonds. The van der Waals surface area contributed by atoms with Crippen LogP contribution >= 0.6 is 11.6 Å². The Morgan fingerprint density at radius 2 is 1.26 bits per heavy atom. The van der Waals surface area contributed by atoms with Crippen LogP contribution < -0.4 is 20.7 Å². The summed E-state index contributed by atoms with van der Waals surface area (Å²) in [5.74, 6) is -7.05. The average Bonchev–Trinajstić information content (AvgIpc) is 2.92.